The summed E-state index contributed by atoms with van der Waals surface area (Å²) < 4.78 is 9.50. The molecule has 0 aliphatic heterocycles. The summed E-state index contributed by atoms with van der Waals surface area (Å²) in [6, 6.07) is 3.46. The average Bonchev–Trinajstić information content (AvgIpc) is 2.38. The molecule has 1 aromatic rings. The maximum Gasteiger partial charge on any atom is 0.315 e. The van der Waals surface area contributed by atoms with Crippen LogP contribution >= 0.6 is 11.8 Å². The summed E-state index contributed by atoms with van der Waals surface area (Å²) in [5, 5.41) is 8.85. The van der Waals surface area contributed by atoms with Crippen molar-refractivity contribution in [2.24, 2.45) is 0 Å². The Bertz CT molecular complexity index is 387. The SMILES string of the molecule is COC(=O)CSCc1ccc(OC)c(NO)n1. The zero-order valence-corrected chi connectivity index (χ0v) is 10.4. The Hall–Kier alpha value is -1.47. The average molecular weight is 258 g/mol. The fourth-order valence-corrected chi connectivity index (χ4v) is 1.87. The van der Waals surface area contributed by atoms with Crippen molar-refractivity contribution in [2.45, 2.75) is 5.75 Å². The Morgan fingerprint density at radius 1 is 1.53 bits per heavy atom. The quantitative estimate of drug-likeness (QED) is 0.588. The van der Waals surface area contributed by atoms with Crippen LogP contribution in [0.5, 0.6) is 5.75 Å². The predicted molar refractivity (Wildman–Crippen MR) is 64.4 cm³/mol. The van der Waals surface area contributed by atoms with Crippen LogP contribution in [0.15, 0.2) is 12.1 Å². The van der Waals surface area contributed by atoms with Gasteiger partial charge in [-0.2, -0.15) is 0 Å². The number of carbonyl (C=O) groups is 1. The first kappa shape index (κ1) is 13.6. The highest BCUT2D eigenvalue weighted by Crippen LogP contribution is 2.22. The van der Waals surface area contributed by atoms with Gasteiger partial charge in [0, 0.05) is 5.75 Å². The number of ether oxygens (including phenoxy) is 2. The standard InChI is InChI=1S/C10H14N2O4S/c1-15-8-4-3-7(11-10(8)12-14)5-17-6-9(13)16-2/h3-4,14H,5-6H2,1-2H3,(H,11,12). The normalized spacial score (nSPS) is 9.82. The summed E-state index contributed by atoms with van der Waals surface area (Å²) in [5.41, 5.74) is 2.69. The van der Waals surface area contributed by atoms with Crippen LogP contribution in [-0.4, -0.2) is 36.1 Å². The van der Waals surface area contributed by atoms with Crippen molar-refractivity contribution in [3.63, 3.8) is 0 Å². The molecule has 0 unspecified atom stereocenters. The highest BCUT2D eigenvalue weighted by molar-refractivity contribution is 7.99. The number of nitrogens with zero attached hydrogens (tertiary/aromatic N) is 1. The second-order valence-corrected chi connectivity index (χ2v) is 4.02. The Kier molecular flexibility index (Phi) is 5.58. The summed E-state index contributed by atoms with van der Waals surface area (Å²) in [6.45, 7) is 0. The molecule has 0 bridgehead atoms. The first-order chi connectivity index (χ1) is 8.21. The van der Waals surface area contributed by atoms with Crippen molar-refractivity contribution in [3.05, 3.63) is 17.8 Å². The molecule has 0 saturated carbocycles. The van der Waals surface area contributed by atoms with Gasteiger partial charge in [-0.05, 0) is 12.1 Å². The number of anilines is 1. The van der Waals surface area contributed by atoms with E-state index in [1.807, 2.05) is 5.48 Å². The van der Waals surface area contributed by atoms with E-state index >= 15 is 0 Å². The van der Waals surface area contributed by atoms with Crippen molar-refractivity contribution in [1.82, 2.24) is 4.98 Å². The molecule has 0 aromatic carbocycles. The maximum absolute atomic E-state index is 10.9. The van der Waals surface area contributed by atoms with Crippen molar-refractivity contribution in [1.29, 1.82) is 0 Å². The van der Waals surface area contributed by atoms with E-state index in [0.29, 0.717) is 11.5 Å². The number of esters is 1. The molecule has 17 heavy (non-hydrogen) atoms. The fraction of sp³-hybridized carbons (Fsp3) is 0.400. The number of thioether (sulfide) groups is 1. The maximum atomic E-state index is 10.9. The summed E-state index contributed by atoms with van der Waals surface area (Å²) in [5.74, 6) is 1.25. The van der Waals surface area contributed by atoms with E-state index in [1.54, 1.807) is 12.1 Å². The van der Waals surface area contributed by atoms with Gasteiger partial charge in [-0.15, -0.1) is 11.8 Å². The van der Waals surface area contributed by atoms with Crippen molar-refractivity contribution < 1.29 is 19.5 Å². The number of rotatable bonds is 6. The van der Waals surface area contributed by atoms with Crippen LogP contribution in [0.4, 0.5) is 5.82 Å². The van der Waals surface area contributed by atoms with E-state index in [0.717, 1.165) is 5.69 Å². The van der Waals surface area contributed by atoms with Crippen molar-refractivity contribution >= 4 is 23.5 Å². The van der Waals surface area contributed by atoms with Gasteiger partial charge in [0.25, 0.3) is 0 Å². The molecule has 94 valence electrons. The smallest absolute Gasteiger partial charge is 0.315 e. The molecule has 0 atom stereocenters. The molecule has 1 aromatic heterocycles. The highest BCUT2D eigenvalue weighted by Gasteiger charge is 2.06. The second-order valence-electron chi connectivity index (χ2n) is 3.03. The molecule has 0 aliphatic carbocycles. The summed E-state index contributed by atoms with van der Waals surface area (Å²) in [6.07, 6.45) is 0. The van der Waals surface area contributed by atoms with Gasteiger partial charge in [0.15, 0.2) is 11.6 Å². The molecular weight excluding hydrogens is 244 g/mol. The topological polar surface area (TPSA) is 80.7 Å². The minimum absolute atomic E-state index is 0.253. The van der Waals surface area contributed by atoms with Crippen LogP contribution in [0, 0.1) is 0 Å². The molecule has 2 N–H and O–H groups in total. The molecule has 7 heteroatoms. The van der Waals surface area contributed by atoms with Gasteiger partial charge in [-0.3, -0.25) is 10.0 Å². The zero-order valence-electron chi connectivity index (χ0n) is 9.60. The Labute approximate surface area is 103 Å². The van der Waals surface area contributed by atoms with Gasteiger partial charge in [-0.1, -0.05) is 0 Å². The Morgan fingerprint density at radius 3 is 2.88 bits per heavy atom. The third kappa shape index (κ3) is 4.12. The largest absolute Gasteiger partial charge is 0.493 e. The molecule has 0 aliphatic rings. The van der Waals surface area contributed by atoms with Crippen LogP contribution in [-0.2, 0) is 15.3 Å². The summed E-state index contributed by atoms with van der Waals surface area (Å²) >= 11 is 1.38. The van der Waals surface area contributed by atoms with E-state index in [9.17, 15) is 4.79 Å². The number of pyridine rings is 1. The summed E-state index contributed by atoms with van der Waals surface area (Å²) in [7, 11) is 2.84. The first-order valence-corrected chi connectivity index (χ1v) is 5.95. The lowest BCUT2D eigenvalue weighted by atomic mass is 10.3. The predicted octanol–water partition coefficient (Wildman–Crippen LogP) is 1.30. The first-order valence-electron chi connectivity index (χ1n) is 4.79. The lowest BCUT2D eigenvalue weighted by molar-refractivity contribution is -0.137. The molecule has 0 fully saturated rings. The number of carbonyl (C=O) groups excluding carboxylic acids is 1. The second kappa shape index (κ2) is 6.97. The number of aromatic nitrogens is 1. The monoisotopic (exact) mass is 258 g/mol. The Morgan fingerprint density at radius 2 is 2.29 bits per heavy atom. The lowest BCUT2D eigenvalue weighted by Gasteiger charge is -2.07. The molecule has 1 heterocycles. The van der Waals surface area contributed by atoms with Crippen molar-refractivity contribution in [2.75, 3.05) is 25.5 Å². The van der Waals surface area contributed by atoms with Crippen LogP contribution in [0.25, 0.3) is 0 Å². The van der Waals surface area contributed by atoms with Gasteiger partial charge in [0.1, 0.15) is 0 Å². The highest BCUT2D eigenvalue weighted by atomic mass is 32.2. The number of hydrogen-bond acceptors (Lipinski definition) is 7. The lowest BCUT2D eigenvalue weighted by Crippen LogP contribution is -2.04. The van der Waals surface area contributed by atoms with Crippen LogP contribution in [0.3, 0.4) is 0 Å². The van der Waals surface area contributed by atoms with Gasteiger partial charge in [0.2, 0.25) is 0 Å². The molecule has 1 rings (SSSR count). The van der Waals surface area contributed by atoms with Crippen LogP contribution < -0.4 is 10.2 Å². The number of methoxy groups -OCH3 is 2. The van der Waals surface area contributed by atoms with E-state index in [-0.39, 0.29) is 17.5 Å². The van der Waals surface area contributed by atoms with Crippen LogP contribution in [0.1, 0.15) is 5.69 Å². The van der Waals surface area contributed by atoms with E-state index in [2.05, 4.69) is 9.72 Å². The minimum atomic E-state index is -0.274. The van der Waals surface area contributed by atoms with E-state index < -0.39 is 0 Å². The van der Waals surface area contributed by atoms with Gasteiger partial charge >= 0.3 is 5.97 Å². The molecule has 0 amide bonds. The van der Waals surface area contributed by atoms with Crippen LogP contribution in [0.2, 0.25) is 0 Å². The molecule has 6 nitrogen and oxygen atoms in total. The van der Waals surface area contributed by atoms with Gasteiger partial charge in [-0.25, -0.2) is 10.5 Å². The molecular formula is C10H14N2O4S. The molecule has 0 saturated heterocycles. The van der Waals surface area contributed by atoms with Gasteiger partial charge in [0.05, 0.1) is 25.7 Å². The number of nitrogens with one attached hydrogen (secondary N) is 1. The van der Waals surface area contributed by atoms with Gasteiger partial charge < -0.3 is 9.47 Å². The third-order valence-corrected chi connectivity index (χ3v) is 2.88. The number of hydrogen-bond donors (Lipinski definition) is 2. The fourth-order valence-electron chi connectivity index (χ4n) is 1.11. The Balaban J connectivity index is 2.57. The summed E-state index contributed by atoms with van der Waals surface area (Å²) in [4.78, 5) is 15.0. The van der Waals surface area contributed by atoms with E-state index in [1.165, 1.54) is 26.0 Å². The molecule has 0 radical (unpaired) electrons. The van der Waals surface area contributed by atoms with Crippen molar-refractivity contribution in [3.8, 4) is 5.75 Å². The van der Waals surface area contributed by atoms with E-state index in [4.69, 9.17) is 9.94 Å². The third-order valence-electron chi connectivity index (χ3n) is 1.94. The minimum Gasteiger partial charge on any atom is -0.493 e. The zero-order chi connectivity index (χ0) is 12.7. The molecule has 0 spiro atoms.